The molecule has 1 aromatic heterocycles. The number of aryl methyl sites for hydroxylation is 1. The number of fused-ring (bicyclic) bond motifs is 2. The molecule has 0 unspecified atom stereocenters. The molecule has 1 N–H and O–H groups in total. The molecule has 0 saturated heterocycles. The van der Waals surface area contributed by atoms with Gasteiger partial charge in [0.15, 0.2) is 0 Å². The van der Waals surface area contributed by atoms with Gasteiger partial charge in [-0.1, -0.05) is 26.0 Å². The molecule has 1 amide bonds. The van der Waals surface area contributed by atoms with Crippen molar-refractivity contribution < 1.29 is 4.79 Å². The van der Waals surface area contributed by atoms with E-state index in [9.17, 15) is 4.79 Å². The third-order valence-electron chi connectivity index (χ3n) is 5.25. The van der Waals surface area contributed by atoms with Gasteiger partial charge in [0.1, 0.15) is 5.82 Å². The van der Waals surface area contributed by atoms with E-state index in [2.05, 4.69) is 45.7 Å². The zero-order valence-corrected chi connectivity index (χ0v) is 15.0. The van der Waals surface area contributed by atoms with Gasteiger partial charge in [-0.25, -0.2) is 4.98 Å². The summed E-state index contributed by atoms with van der Waals surface area (Å²) in [6.07, 6.45) is 5.43. The van der Waals surface area contributed by atoms with Crippen LogP contribution in [0.2, 0.25) is 0 Å². The Morgan fingerprint density at radius 3 is 3.08 bits per heavy atom. The maximum atomic E-state index is 12.8. The van der Waals surface area contributed by atoms with E-state index in [1.807, 2.05) is 18.5 Å². The molecule has 1 aromatic carbocycles. The highest BCUT2D eigenvalue weighted by molar-refractivity contribution is 5.93. The first-order valence-electron chi connectivity index (χ1n) is 9.24. The van der Waals surface area contributed by atoms with Crippen LogP contribution in [0.25, 0.3) is 0 Å². The molecule has 0 bridgehead atoms. The zero-order valence-electron chi connectivity index (χ0n) is 15.0. The van der Waals surface area contributed by atoms with Crippen LogP contribution in [-0.2, 0) is 30.8 Å². The summed E-state index contributed by atoms with van der Waals surface area (Å²) in [5.74, 6) is 1.81. The van der Waals surface area contributed by atoms with Crippen LogP contribution in [0.5, 0.6) is 0 Å². The van der Waals surface area contributed by atoms with Gasteiger partial charge in [-0.2, -0.15) is 0 Å². The number of rotatable bonds is 4. The van der Waals surface area contributed by atoms with Crippen molar-refractivity contribution >= 4 is 11.6 Å². The standard InChI is InChI=1S/C20H26N4O/c1-14(2)11-23-12-16-4-3-5-18(17(16)13-23)22-20(25)15-6-8-24-9-7-21-19(24)10-15/h3-5,7,9,14-15H,6,8,10-13H2,1-2H3,(H,22,25)/t15-/m1/s1. The molecule has 1 atom stereocenters. The van der Waals surface area contributed by atoms with Crippen LogP contribution in [0.3, 0.4) is 0 Å². The van der Waals surface area contributed by atoms with Crippen LogP contribution < -0.4 is 5.32 Å². The molecule has 0 spiro atoms. The molecular weight excluding hydrogens is 312 g/mol. The Morgan fingerprint density at radius 1 is 1.36 bits per heavy atom. The zero-order chi connectivity index (χ0) is 17.4. The molecule has 0 saturated carbocycles. The highest BCUT2D eigenvalue weighted by atomic mass is 16.1. The van der Waals surface area contributed by atoms with Gasteiger partial charge in [-0.05, 0) is 29.5 Å². The van der Waals surface area contributed by atoms with Crippen molar-refractivity contribution in [3.8, 4) is 0 Å². The molecule has 0 fully saturated rings. The molecule has 0 radical (unpaired) electrons. The van der Waals surface area contributed by atoms with Gasteiger partial charge in [0.2, 0.25) is 5.91 Å². The van der Waals surface area contributed by atoms with Gasteiger partial charge in [0, 0.05) is 56.6 Å². The Labute approximate surface area is 149 Å². The number of aromatic nitrogens is 2. The second kappa shape index (κ2) is 6.64. The van der Waals surface area contributed by atoms with Gasteiger partial charge in [0.05, 0.1) is 0 Å². The number of benzene rings is 1. The summed E-state index contributed by atoms with van der Waals surface area (Å²) in [7, 11) is 0. The highest BCUT2D eigenvalue weighted by Gasteiger charge is 2.27. The number of imidazole rings is 1. The first-order valence-corrected chi connectivity index (χ1v) is 9.24. The summed E-state index contributed by atoms with van der Waals surface area (Å²) in [5, 5.41) is 3.21. The molecule has 2 aliphatic heterocycles. The molecule has 2 aromatic rings. The van der Waals surface area contributed by atoms with E-state index in [4.69, 9.17) is 0 Å². The molecule has 4 rings (SSSR count). The average molecular weight is 338 g/mol. The van der Waals surface area contributed by atoms with Gasteiger partial charge in [-0.15, -0.1) is 0 Å². The number of nitrogens with zero attached hydrogens (tertiary/aromatic N) is 3. The van der Waals surface area contributed by atoms with Crippen LogP contribution in [0, 0.1) is 11.8 Å². The maximum Gasteiger partial charge on any atom is 0.228 e. The SMILES string of the molecule is CC(C)CN1Cc2cccc(NC(=O)[C@@H]3CCn4ccnc4C3)c2C1. The predicted molar refractivity (Wildman–Crippen MR) is 98.1 cm³/mol. The fourth-order valence-corrected chi connectivity index (χ4v) is 4.06. The molecule has 3 heterocycles. The minimum absolute atomic E-state index is 0.0129. The van der Waals surface area contributed by atoms with E-state index in [-0.39, 0.29) is 11.8 Å². The number of hydrogen-bond donors (Lipinski definition) is 1. The maximum absolute atomic E-state index is 12.8. The Hall–Kier alpha value is -2.14. The van der Waals surface area contributed by atoms with Crippen molar-refractivity contribution in [1.29, 1.82) is 0 Å². The lowest BCUT2D eigenvalue weighted by Gasteiger charge is -2.23. The van der Waals surface area contributed by atoms with E-state index in [1.54, 1.807) is 0 Å². The first kappa shape index (κ1) is 16.3. The Kier molecular flexibility index (Phi) is 4.34. The third-order valence-corrected chi connectivity index (χ3v) is 5.25. The van der Waals surface area contributed by atoms with E-state index < -0.39 is 0 Å². The summed E-state index contributed by atoms with van der Waals surface area (Å²) in [4.78, 5) is 19.6. The van der Waals surface area contributed by atoms with Crippen molar-refractivity contribution in [2.24, 2.45) is 11.8 Å². The van der Waals surface area contributed by atoms with E-state index in [0.717, 1.165) is 50.5 Å². The minimum Gasteiger partial charge on any atom is -0.335 e. The predicted octanol–water partition coefficient (Wildman–Crippen LogP) is 3.06. The van der Waals surface area contributed by atoms with E-state index in [1.165, 1.54) is 11.1 Å². The lowest BCUT2D eigenvalue weighted by Crippen LogP contribution is -2.30. The largest absolute Gasteiger partial charge is 0.335 e. The van der Waals surface area contributed by atoms with E-state index in [0.29, 0.717) is 5.92 Å². The molecule has 5 heteroatoms. The molecular formula is C20H26N4O. The van der Waals surface area contributed by atoms with Crippen molar-refractivity contribution in [1.82, 2.24) is 14.5 Å². The molecule has 2 aliphatic rings. The van der Waals surface area contributed by atoms with Crippen LogP contribution in [0.15, 0.2) is 30.6 Å². The monoisotopic (exact) mass is 338 g/mol. The first-order chi connectivity index (χ1) is 12.1. The van der Waals surface area contributed by atoms with Gasteiger partial charge in [0.25, 0.3) is 0 Å². The van der Waals surface area contributed by atoms with Crippen LogP contribution >= 0.6 is 0 Å². The lowest BCUT2D eigenvalue weighted by molar-refractivity contribution is -0.120. The third kappa shape index (κ3) is 3.33. The fourth-order valence-electron chi connectivity index (χ4n) is 4.06. The quantitative estimate of drug-likeness (QED) is 0.932. The summed E-state index contributed by atoms with van der Waals surface area (Å²) < 4.78 is 2.15. The Bertz CT molecular complexity index is 780. The number of hydrogen-bond acceptors (Lipinski definition) is 3. The van der Waals surface area contributed by atoms with Crippen LogP contribution in [0.1, 0.15) is 37.2 Å². The second-order valence-corrected chi connectivity index (χ2v) is 7.72. The van der Waals surface area contributed by atoms with Crippen molar-refractivity contribution in [2.75, 3.05) is 11.9 Å². The minimum atomic E-state index is 0.0129. The molecule has 132 valence electrons. The second-order valence-electron chi connectivity index (χ2n) is 7.72. The molecule has 25 heavy (non-hydrogen) atoms. The van der Waals surface area contributed by atoms with Gasteiger partial charge < -0.3 is 9.88 Å². The average Bonchev–Trinajstić information content (AvgIpc) is 3.19. The molecule has 5 nitrogen and oxygen atoms in total. The molecule has 0 aliphatic carbocycles. The fraction of sp³-hybridized carbons (Fsp3) is 0.500. The number of amides is 1. The van der Waals surface area contributed by atoms with Crippen molar-refractivity contribution in [2.45, 2.75) is 46.3 Å². The van der Waals surface area contributed by atoms with E-state index >= 15 is 0 Å². The number of carbonyl (C=O) groups excluding carboxylic acids is 1. The lowest BCUT2D eigenvalue weighted by atomic mass is 9.96. The van der Waals surface area contributed by atoms with Gasteiger partial charge >= 0.3 is 0 Å². The summed E-state index contributed by atoms with van der Waals surface area (Å²) in [6, 6.07) is 6.28. The Balaban J connectivity index is 1.46. The number of carbonyl (C=O) groups is 1. The smallest absolute Gasteiger partial charge is 0.228 e. The Morgan fingerprint density at radius 2 is 2.24 bits per heavy atom. The summed E-state index contributed by atoms with van der Waals surface area (Å²) >= 11 is 0. The summed E-state index contributed by atoms with van der Waals surface area (Å²) in [6.45, 7) is 8.38. The summed E-state index contributed by atoms with van der Waals surface area (Å²) in [5.41, 5.74) is 3.62. The highest BCUT2D eigenvalue weighted by Crippen LogP contribution is 2.30. The number of anilines is 1. The van der Waals surface area contributed by atoms with Crippen molar-refractivity contribution in [3.05, 3.63) is 47.5 Å². The number of nitrogens with one attached hydrogen (secondary N) is 1. The van der Waals surface area contributed by atoms with Crippen LogP contribution in [0.4, 0.5) is 5.69 Å². The normalized spacial score (nSPS) is 19.7. The van der Waals surface area contributed by atoms with Gasteiger partial charge in [-0.3, -0.25) is 9.69 Å². The topological polar surface area (TPSA) is 50.2 Å². The van der Waals surface area contributed by atoms with Crippen LogP contribution in [-0.4, -0.2) is 26.9 Å². The van der Waals surface area contributed by atoms with Crippen molar-refractivity contribution in [3.63, 3.8) is 0 Å².